The minimum Gasteiger partial charge on any atom is -0.394 e. The molecule has 5 atom stereocenters. The van der Waals surface area contributed by atoms with Gasteiger partial charge in [-0.3, -0.25) is 0 Å². The molecule has 0 radical (unpaired) electrons. The number of benzene rings is 1. The van der Waals surface area contributed by atoms with Crippen LogP contribution in [0.4, 0.5) is 0 Å². The van der Waals surface area contributed by atoms with Crippen LogP contribution in [-0.4, -0.2) is 83.0 Å². The second kappa shape index (κ2) is 10.6. The van der Waals surface area contributed by atoms with Crippen molar-refractivity contribution in [3.63, 3.8) is 0 Å². The summed E-state index contributed by atoms with van der Waals surface area (Å²) < 4.78 is 48.0. The van der Waals surface area contributed by atoms with Crippen LogP contribution in [0, 0.1) is 5.92 Å². The Balaban J connectivity index is 2.28. The predicted molar refractivity (Wildman–Crippen MR) is 102 cm³/mol. The number of aliphatic hydroxyl groups is 2. The summed E-state index contributed by atoms with van der Waals surface area (Å²) in [6.07, 6.45) is -2.71. The van der Waals surface area contributed by atoms with Gasteiger partial charge in [-0.1, -0.05) is 18.2 Å². The third kappa shape index (κ3) is 5.73. The lowest BCUT2D eigenvalue weighted by Crippen LogP contribution is -2.37. The zero-order valence-electron chi connectivity index (χ0n) is 16.4. The molecule has 1 heterocycles. The first-order chi connectivity index (χ1) is 13.4. The highest BCUT2D eigenvalue weighted by molar-refractivity contribution is 7.91. The van der Waals surface area contributed by atoms with Gasteiger partial charge in [0, 0.05) is 40.1 Å². The maximum Gasteiger partial charge on any atom is 0.178 e. The summed E-state index contributed by atoms with van der Waals surface area (Å²) in [5.74, 6) is -0.662. The summed E-state index contributed by atoms with van der Waals surface area (Å²) in [6, 6.07) is 8.22. The molecular formula is C19H30O8S. The van der Waals surface area contributed by atoms with E-state index in [4.69, 9.17) is 24.1 Å². The molecule has 1 unspecified atom stereocenters. The molecule has 160 valence electrons. The minimum absolute atomic E-state index is 0.137. The molecule has 1 fully saturated rings. The Hall–Kier alpha value is -1.07. The molecule has 28 heavy (non-hydrogen) atoms. The molecule has 0 amide bonds. The molecule has 1 aliphatic heterocycles. The van der Waals surface area contributed by atoms with Crippen molar-refractivity contribution in [1.29, 1.82) is 0 Å². The van der Waals surface area contributed by atoms with Crippen LogP contribution in [0.1, 0.15) is 12.8 Å². The monoisotopic (exact) mass is 418 g/mol. The number of aliphatic hydroxyl groups excluding tert-OH is 2. The summed E-state index contributed by atoms with van der Waals surface area (Å²) in [5.41, 5.74) is 0. The minimum atomic E-state index is -3.58. The fourth-order valence-electron chi connectivity index (χ4n) is 3.64. The number of hydrogen-bond donors (Lipinski definition) is 2. The molecule has 0 saturated carbocycles. The van der Waals surface area contributed by atoms with E-state index in [-0.39, 0.29) is 17.1 Å². The highest BCUT2D eigenvalue weighted by atomic mass is 32.2. The maximum atomic E-state index is 12.9. The van der Waals surface area contributed by atoms with Crippen LogP contribution in [0.2, 0.25) is 0 Å². The maximum absolute atomic E-state index is 12.9. The molecule has 1 aromatic carbocycles. The predicted octanol–water partition coefficient (Wildman–Crippen LogP) is 0.611. The molecule has 1 aliphatic rings. The van der Waals surface area contributed by atoms with E-state index in [1.165, 1.54) is 21.3 Å². The SMILES string of the molecule is COC(C[C@@H]1OC(C[C@H](O)CO)[C@H](OC)[C@H]1CS(=O)(=O)c1ccccc1)OC. The fraction of sp³-hybridized carbons (Fsp3) is 0.684. The number of ether oxygens (including phenoxy) is 4. The second-order valence-corrected chi connectivity index (χ2v) is 8.91. The molecular weight excluding hydrogens is 388 g/mol. The van der Waals surface area contributed by atoms with E-state index in [1.807, 2.05) is 0 Å². The van der Waals surface area contributed by atoms with Crippen molar-refractivity contribution < 1.29 is 37.6 Å². The first-order valence-electron chi connectivity index (χ1n) is 9.16. The van der Waals surface area contributed by atoms with E-state index in [2.05, 4.69) is 0 Å². The average Bonchev–Trinajstić information content (AvgIpc) is 3.01. The van der Waals surface area contributed by atoms with Crippen LogP contribution in [-0.2, 0) is 28.8 Å². The number of methoxy groups -OCH3 is 3. The largest absolute Gasteiger partial charge is 0.394 e. The topological polar surface area (TPSA) is 112 Å². The Morgan fingerprint density at radius 2 is 1.71 bits per heavy atom. The van der Waals surface area contributed by atoms with Crippen molar-refractivity contribution >= 4 is 9.84 Å². The lowest BCUT2D eigenvalue weighted by atomic mass is 9.94. The van der Waals surface area contributed by atoms with Gasteiger partial charge in [-0.25, -0.2) is 8.42 Å². The quantitative estimate of drug-likeness (QED) is 0.503. The Labute approximate surface area is 166 Å². The van der Waals surface area contributed by atoms with E-state index in [0.29, 0.717) is 6.42 Å². The van der Waals surface area contributed by atoms with Gasteiger partial charge in [0.15, 0.2) is 16.1 Å². The number of rotatable bonds is 11. The van der Waals surface area contributed by atoms with Gasteiger partial charge >= 0.3 is 0 Å². The Morgan fingerprint density at radius 1 is 1.07 bits per heavy atom. The average molecular weight is 419 g/mol. The molecule has 8 nitrogen and oxygen atoms in total. The van der Waals surface area contributed by atoms with Crippen LogP contribution >= 0.6 is 0 Å². The Morgan fingerprint density at radius 3 is 2.25 bits per heavy atom. The zero-order valence-corrected chi connectivity index (χ0v) is 17.2. The molecule has 0 aliphatic carbocycles. The van der Waals surface area contributed by atoms with Crippen LogP contribution in [0.3, 0.4) is 0 Å². The van der Waals surface area contributed by atoms with Crippen molar-refractivity contribution in [1.82, 2.24) is 0 Å². The van der Waals surface area contributed by atoms with E-state index in [9.17, 15) is 13.5 Å². The van der Waals surface area contributed by atoms with Crippen molar-refractivity contribution in [2.24, 2.45) is 5.92 Å². The van der Waals surface area contributed by atoms with E-state index < -0.39 is 53.1 Å². The third-order valence-electron chi connectivity index (χ3n) is 5.07. The summed E-state index contributed by atoms with van der Waals surface area (Å²) in [4.78, 5) is 0.234. The van der Waals surface area contributed by atoms with Gasteiger partial charge in [0.1, 0.15) is 0 Å². The zero-order chi connectivity index (χ0) is 20.7. The first-order valence-corrected chi connectivity index (χ1v) is 10.8. The van der Waals surface area contributed by atoms with Gasteiger partial charge in [-0.2, -0.15) is 0 Å². The van der Waals surface area contributed by atoms with Crippen molar-refractivity contribution in [3.05, 3.63) is 30.3 Å². The smallest absolute Gasteiger partial charge is 0.178 e. The summed E-state index contributed by atoms with van der Waals surface area (Å²) >= 11 is 0. The van der Waals surface area contributed by atoms with Gasteiger partial charge in [-0.15, -0.1) is 0 Å². The van der Waals surface area contributed by atoms with E-state index in [0.717, 1.165) is 0 Å². The van der Waals surface area contributed by atoms with Gasteiger partial charge in [-0.05, 0) is 12.1 Å². The molecule has 1 aromatic rings. The van der Waals surface area contributed by atoms with Crippen molar-refractivity contribution in [2.45, 2.75) is 48.4 Å². The van der Waals surface area contributed by atoms with Crippen LogP contribution in [0.15, 0.2) is 35.2 Å². The molecule has 0 spiro atoms. The van der Waals surface area contributed by atoms with Crippen LogP contribution in [0.25, 0.3) is 0 Å². The number of sulfone groups is 1. The summed E-state index contributed by atoms with van der Waals surface area (Å²) in [5, 5.41) is 19.0. The van der Waals surface area contributed by atoms with Gasteiger partial charge < -0.3 is 29.2 Å². The summed E-state index contributed by atoms with van der Waals surface area (Å²) in [6.45, 7) is -0.410. The lowest BCUT2D eigenvalue weighted by Gasteiger charge is -2.25. The highest BCUT2D eigenvalue weighted by Gasteiger charge is 2.47. The van der Waals surface area contributed by atoms with Crippen molar-refractivity contribution in [3.8, 4) is 0 Å². The molecule has 1 saturated heterocycles. The molecule has 0 bridgehead atoms. The first kappa shape index (κ1) is 23.2. The molecule has 2 N–H and O–H groups in total. The van der Waals surface area contributed by atoms with Gasteiger partial charge in [0.25, 0.3) is 0 Å². The van der Waals surface area contributed by atoms with E-state index in [1.54, 1.807) is 30.3 Å². The van der Waals surface area contributed by atoms with E-state index >= 15 is 0 Å². The second-order valence-electron chi connectivity index (χ2n) is 6.88. The molecule has 0 aromatic heterocycles. The Kier molecular flexibility index (Phi) is 8.81. The molecule has 2 rings (SSSR count). The third-order valence-corrected chi connectivity index (χ3v) is 6.88. The standard InChI is InChI=1S/C19H30O8S/c1-24-18(25-2)10-16-15(12-28(22,23)14-7-5-4-6-8-14)19(26-3)17(27-16)9-13(21)11-20/h4-8,13,15-21H,9-12H2,1-3H3/t13-,15-,16-,17?,19+/m0/s1. The highest BCUT2D eigenvalue weighted by Crippen LogP contribution is 2.36. The fourth-order valence-corrected chi connectivity index (χ4v) is 5.31. The van der Waals surface area contributed by atoms with Gasteiger partial charge in [0.2, 0.25) is 0 Å². The Bertz CT molecular complexity index is 676. The van der Waals surface area contributed by atoms with Crippen molar-refractivity contribution in [2.75, 3.05) is 33.7 Å². The summed E-state index contributed by atoms with van der Waals surface area (Å²) in [7, 11) is 0.907. The molecule has 9 heteroatoms. The van der Waals surface area contributed by atoms with Crippen LogP contribution < -0.4 is 0 Å². The van der Waals surface area contributed by atoms with Crippen LogP contribution in [0.5, 0.6) is 0 Å². The normalized spacial score (nSPS) is 26.6. The lowest BCUT2D eigenvalue weighted by molar-refractivity contribution is -0.132. The number of hydrogen-bond acceptors (Lipinski definition) is 8. The van der Waals surface area contributed by atoms with Gasteiger partial charge in [0.05, 0.1) is 41.7 Å².